The van der Waals surface area contributed by atoms with Crippen LogP contribution in [0, 0.1) is 12.7 Å². The number of nitrogens with zero attached hydrogens (tertiary/aromatic N) is 2. The molecular formula is C18H12FN3O2. The standard InChI is InChI=1S/C18H12FN3O2/c1-10-15-16(13-9-11(19)7-8-14(13)20-10)17(23)21-22(18(15)24)12-5-3-2-4-6-12/h2-9H,1H3,(H,21,23). The molecule has 0 radical (unpaired) electrons. The third kappa shape index (κ3) is 2.04. The molecule has 0 spiro atoms. The summed E-state index contributed by atoms with van der Waals surface area (Å²) in [5, 5.41) is 3.26. The number of para-hydroxylation sites is 1. The molecule has 2 aromatic heterocycles. The van der Waals surface area contributed by atoms with Crippen LogP contribution in [0.2, 0.25) is 0 Å². The lowest BCUT2D eigenvalue weighted by molar-refractivity contribution is 0.629. The average Bonchev–Trinajstić information content (AvgIpc) is 2.58. The van der Waals surface area contributed by atoms with E-state index in [0.29, 0.717) is 22.3 Å². The molecule has 2 heterocycles. The van der Waals surface area contributed by atoms with Crippen molar-refractivity contribution in [3.05, 3.63) is 80.7 Å². The van der Waals surface area contributed by atoms with Gasteiger partial charge in [0.15, 0.2) is 0 Å². The Morgan fingerprint density at radius 3 is 2.54 bits per heavy atom. The number of hydrogen-bond donors (Lipinski definition) is 1. The number of halogens is 1. The highest BCUT2D eigenvalue weighted by Gasteiger charge is 2.16. The maximum Gasteiger partial charge on any atom is 0.279 e. The van der Waals surface area contributed by atoms with Gasteiger partial charge in [0.2, 0.25) is 0 Å². The predicted octanol–water partition coefficient (Wildman–Crippen LogP) is 2.67. The molecule has 0 bridgehead atoms. The van der Waals surface area contributed by atoms with Gasteiger partial charge in [-0.2, -0.15) is 0 Å². The summed E-state index contributed by atoms with van der Waals surface area (Å²) >= 11 is 0. The number of H-pyrrole nitrogens is 1. The Kier molecular flexibility index (Phi) is 3.06. The third-order valence-corrected chi connectivity index (χ3v) is 4.00. The van der Waals surface area contributed by atoms with E-state index < -0.39 is 16.9 Å². The Bertz CT molecular complexity index is 1210. The molecule has 118 valence electrons. The largest absolute Gasteiger partial charge is 0.279 e. The molecule has 4 rings (SSSR count). The van der Waals surface area contributed by atoms with Crippen LogP contribution in [-0.2, 0) is 0 Å². The first-order valence-corrected chi connectivity index (χ1v) is 7.36. The lowest BCUT2D eigenvalue weighted by Crippen LogP contribution is -2.29. The molecule has 1 N–H and O–H groups in total. The van der Waals surface area contributed by atoms with Crippen LogP contribution >= 0.6 is 0 Å². The first-order chi connectivity index (χ1) is 11.6. The smallest absolute Gasteiger partial charge is 0.267 e. The normalized spacial score (nSPS) is 11.2. The molecule has 0 saturated carbocycles. The van der Waals surface area contributed by atoms with Gasteiger partial charge >= 0.3 is 0 Å². The highest BCUT2D eigenvalue weighted by Crippen LogP contribution is 2.22. The van der Waals surface area contributed by atoms with Crippen LogP contribution in [0.4, 0.5) is 4.39 Å². The first-order valence-electron chi connectivity index (χ1n) is 7.36. The molecule has 5 nitrogen and oxygen atoms in total. The number of rotatable bonds is 1. The molecule has 0 unspecified atom stereocenters. The van der Waals surface area contributed by atoms with Crippen molar-refractivity contribution < 1.29 is 4.39 Å². The van der Waals surface area contributed by atoms with Gasteiger partial charge in [0.05, 0.1) is 27.7 Å². The maximum atomic E-state index is 13.6. The number of benzene rings is 2. The van der Waals surface area contributed by atoms with Crippen LogP contribution in [0.5, 0.6) is 0 Å². The van der Waals surface area contributed by atoms with Crippen molar-refractivity contribution in [2.24, 2.45) is 0 Å². The summed E-state index contributed by atoms with van der Waals surface area (Å²) in [7, 11) is 0. The van der Waals surface area contributed by atoms with Gasteiger partial charge in [0.1, 0.15) is 5.82 Å². The van der Waals surface area contributed by atoms with Gasteiger partial charge in [0, 0.05) is 5.39 Å². The molecule has 0 amide bonds. The summed E-state index contributed by atoms with van der Waals surface area (Å²) in [6.45, 7) is 1.67. The highest BCUT2D eigenvalue weighted by atomic mass is 19.1. The van der Waals surface area contributed by atoms with Crippen molar-refractivity contribution in [3.8, 4) is 5.69 Å². The van der Waals surface area contributed by atoms with E-state index >= 15 is 0 Å². The van der Waals surface area contributed by atoms with E-state index in [0.717, 1.165) is 0 Å². The second-order valence-electron chi connectivity index (χ2n) is 5.53. The van der Waals surface area contributed by atoms with Gasteiger partial charge in [0.25, 0.3) is 11.1 Å². The zero-order valence-corrected chi connectivity index (χ0v) is 12.7. The Balaban J connectivity index is 2.23. The lowest BCUT2D eigenvalue weighted by atomic mass is 10.1. The van der Waals surface area contributed by atoms with E-state index in [1.54, 1.807) is 31.2 Å². The van der Waals surface area contributed by atoms with E-state index in [9.17, 15) is 14.0 Å². The van der Waals surface area contributed by atoms with Crippen LogP contribution in [0.25, 0.3) is 27.4 Å². The van der Waals surface area contributed by atoms with Crippen LogP contribution in [0.3, 0.4) is 0 Å². The molecule has 0 aliphatic carbocycles. The Morgan fingerprint density at radius 1 is 1.04 bits per heavy atom. The molecule has 6 heteroatoms. The number of aromatic amines is 1. The summed E-state index contributed by atoms with van der Waals surface area (Å²) in [6.07, 6.45) is 0. The van der Waals surface area contributed by atoms with Crippen LogP contribution < -0.4 is 11.1 Å². The zero-order chi connectivity index (χ0) is 16.8. The van der Waals surface area contributed by atoms with E-state index in [1.807, 2.05) is 6.07 Å². The molecule has 2 aromatic carbocycles. The minimum absolute atomic E-state index is 0.161. The molecule has 0 atom stereocenters. The van der Waals surface area contributed by atoms with Crippen LogP contribution in [0.1, 0.15) is 5.69 Å². The highest BCUT2D eigenvalue weighted by molar-refractivity contribution is 6.05. The Morgan fingerprint density at radius 2 is 1.79 bits per heavy atom. The van der Waals surface area contributed by atoms with E-state index in [2.05, 4.69) is 10.1 Å². The van der Waals surface area contributed by atoms with E-state index in [1.165, 1.54) is 22.9 Å². The Labute approximate surface area is 135 Å². The van der Waals surface area contributed by atoms with Gasteiger partial charge in [-0.1, -0.05) is 18.2 Å². The van der Waals surface area contributed by atoms with E-state index in [-0.39, 0.29) is 10.8 Å². The SMILES string of the molecule is Cc1nc2ccc(F)cc2c2c(=O)[nH]n(-c3ccccc3)c(=O)c12. The van der Waals surface area contributed by atoms with Gasteiger partial charge in [-0.3, -0.25) is 19.7 Å². The van der Waals surface area contributed by atoms with Crippen LogP contribution in [0.15, 0.2) is 58.1 Å². The maximum absolute atomic E-state index is 13.6. The molecular weight excluding hydrogens is 309 g/mol. The second-order valence-corrected chi connectivity index (χ2v) is 5.53. The topological polar surface area (TPSA) is 67.8 Å². The number of hydrogen-bond acceptors (Lipinski definition) is 3. The van der Waals surface area contributed by atoms with Crippen molar-refractivity contribution in [1.29, 1.82) is 0 Å². The van der Waals surface area contributed by atoms with Crippen molar-refractivity contribution in [2.45, 2.75) is 6.92 Å². The number of fused-ring (bicyclic) bond motifs is 3. The van der Waals surface area contributed by atoms with Crippen molar-refractivity contribution in [1.82, 2.24) is 14.8 Å². The second kappa shape index (κ2) is 5.13. The molecule has 4 aromatic rings. The number of aromatic nitrogens is 3. The number of aryl methyl sites for hydroxylation is 1. The average molecular weight is 321 g/mol. The lowest BCUT2D eigenvalue weighted by Gasteiger charge is -2.10. The monoisotopic (exact) mass is 321 g/mol. The van der Waals surface area contributed by atoms with Crippen molar-refractivity contribution in [3.63, 3.8) is 0 Å². The fraction of sp³-hybridized carbons (Fsp3) is 0.0556. The van der Waals surface area contributed by atoms with Gasteiger partial charge in [-0.15, -0.1) is 0 Å². The van der Waals surface area contributed by atoms with Gasteiger partial charge in [-0.25, -0.2) is 9.07 Å². The molecule has 0 fully saturated rings. The summed E-state index contributed by atoms with van der Waals surface area (Å²) < 4.78 is 14.8. The number of nitrogens with one attached hydrogen (secondary N) is 1. The fourth-order valence-electron chi connectivity index (χ4n) is 2.93. The predicted molar refractivity (Wildman–Crippen MR) is 90.2 cm³/mol. The third-order valence-electron chi connectivity index (χ3n) is 4.00. The first kappa shape index (κ1) is 14.3. The molecule has 0 aliphatic rings. The Hall–Kier alpha value is -3.28. The fourth-order valence-corrected chi connectivity index (χ4v) is 2.93. The van der Waals surface area contributed by atoms with Gasteiger partial charge in [-0.05, 0) is 37.3 Å². The van der Waals surface area contributed by atoms with Crippen LogP contribution in [-0.4, -0.2) is 14.8 Å². The molecule has 0 aliphatic heterocycles. The zero-order valence-electron chi connectivity index (χ0n) is 12.7. The van der Waals surface area contributed by atoms with Crippen molar-refractivity contribution in [2.75, 3.05) is 0 Å². The van der Waals surface area contributed by atoms with Gasteiger partial charge < -0.3 is 0 Å². The van der Waals surface area contributed by atoms with E-state index in [4.69, 9.17) is 0 Å². The van der Waals surface area contributed by atoms with Crippen molar-refractivity contribution >= 4 is 21.7 Å². The quantitative estimate of drug-likeness (QED) is 0.548. The minimum Gasteiger partial charge on any atom is -0.267 e. The number of pyridine rings is 1. The minimum atomic E-state index is -0.485. The summed E-state index contributed by atoms with van der Waals surface area (Å²) in [5.41, 5.74) is 0.593. The summed E-state index contributed by atoms with van der Waals surface area (Å²) in [4.78, 5) is 29.9. The molecule has 0 saturated heterocycles. The summed E-state index contributed by atoms with van der Waals surface area (Å²) in [5.74, 6) is -0.485. The molecule has 24 heavy (non-hydrogen) atoms. The summed E-state index contributed by atoms with van der Waals surface area (Å²) in [6, 6.07) is 12.8.